The van der Waals surface area contributed by atoms with E-state index >= 15 is 0 Å². The van der Waals surface area contributed by atoms with Gasteiger partial charge < -0.3 is 0 Å². The second-order valence-electron chi connectivity index (χ2n) is 3.60. The van der Waals surface area contributed by atoms with Gasteiger partial charge in [-0.15, -0.1) is 0 Å². The molecule has 1 atom stereocenters. The van der Waals surface area contributed by atoms with Crippen molar-refractivity contribution >= 4 is 10.0 Å². The highest BCUT2D eigenvalue weighted by molar-refractivity contribution is 7.88. The third kappa shape index (κ3) is 2.65. The van der Waals surface area contributed by atoms with Crippen LogP contribution in [-0.2, 0) is 10.0 Å². The largest absolute Gasteiger partial charge is 0.298 e. The summed E-state index contributed by atoms with van der Waals surface area (Å²) in [6, 6.07) is 0.341. The Labute approximate surface area is 80.6 Å². The lowest BCUT2D eigenvalue weighted by molar-refractivity contribution is 0.136. The highest BCUT2D eigenvalue weighted by atomic mass is 32.2. The second kappa shape index (κ2) is 3.94. The molecular formula is C8H18N2O2S. The van der Waals surface area contributed by atoms with Crippen molar-refractivity contribution in [3.05, 3.63) is 0 Å². The predicted octanol–water partition coefficient (Wildman–Crippen LogP) is -0.0280. The minimum atomic E-state index is -2.98. The number of nitrogens with zero attached hydrogens (tertiary/aromatic N) is 2. The molecule has 0 amide bonds. The van der Waals surface area contributed by atoms with E-state index in [2.05, 4.69) is 18.7 Å². The highest BCUT2D eigenvalue weighted by Gasteiger charge is 2.27. The molecule has 0 aromatic heterocycles. The minimum Gasteiger partial charge on any atom is -0.298 e. The summed E-state index contributed by atoms with van der Waals surface area (Å²) in [6.45, 7) is 7.29. The van der Waals surface area contributed by atoms with Crippen molar-refractivity contribution in [2.75, 3.05) is 32.4 Å². The van der Waals surface area contributed by atoms with E-state index in [0.29, 0.717) is 19.1 Å². The average molecular weight is 206 g/mol. The average Bonchev–Trinajstić information content (AvgIpc) is 2.02. The smallest absolute Gasteiger partial charge is 0.211 e. The second-order valence-corrected chi connectivity index (χ2v) is 5.58. The van der Waals surface area contributed by atoms with Crippen molar-refractivity contribution in [2.24, 2.45) is 0 Å². The molecule has 0 saturated carbocycles. The first-order chi connectivity index (χ1) is 5.95. The van der Waals surface area contributed by atoms with Crippen LogP contribution in [-0.4, -0.2) is 56.1 Å². The fourth-order valence-electron chi connectivity index (χ4n) is 1.73. The number of likely N-dealkylation sites (N-methyl/N-ethyl adjacent to an activating group) is 1. The van der Waals surface area contributed by atoms with Crippen molar-refractivity contribution < 1.29 is 8.42 Å². The third-order valence-electron chi connectivity index (χ3n) is 2.60. The van der Waals surface area contributed by atoms with Gasteiger partial charge in [-0.2, -0.15) is 4.31 Å². The number of piperazine rings is 1. The molecule has 4 nitrogen and oxygen atoms in total. The third-order valence-corrected chi connectivity index (χ3v) is 3.87. The zero-order chi connectivity index (χ0) is 10.1. The molecule has 1 fully saturated rings. The van der Waals surface area contributed by atoms with Crippen molar-refractivity contribution in [1.29, 1.82) is 0 Å². The number of hydrogen-bond acceptors (Lipinski definition) is 3. The van der Waals surface area contributed by atoms with Gasteiger partial charge in [0.05, 0.1) is 6.26 Å². The van der Waals surface area contributed by atoms with Crippen LogP contribution in [0.3, 0.4) is 0 Å². The van der Waals surface area contributed by atoms with Gasteiger partial charge in [-0.25, -0.2) is 8.42 Å². The maximum atomic E-state index is 11.2. The van der Waals surface area contributed by atoms with E-state index in [1.807, 2.05) is 0 Å². The standard InChI is InChI=1S/C8H18N2O2S/c1-4-9-5-6-10(7-8(9)2)13(3,11)12/h8H,4-7H2,1-3H3/t8-/m0/s1. The monoisotopic (exact) mass is 206 g/mol. The fourth-order valence-corrected chi connectivity index (χ4v) is 2.63. The molecule has 0 spiro atoms. The van der Waals surface area contributed by atoms with E-state index in [0.717, 1.165) is 13.1 Å². The molecule has 0 bridgehead atoms. The van der Waals surface area contributed by atoms with Gasteiger partial charge in [-0.3, -0.25) is 4.90 Å². The summed E-state index contributed by atoms with van der Waals surface area (Å²) in [6.07, 6.45) is 1.28. The summed E-state index contributed by atoms with van der Waals surface area (Å²) < 4.78 is 24.0. The summed E-state index contributed by atoms with van der Waals surface area (Å²) in [5.74, 6) is 0. The number of sulfonamides is 1. The van der Waals surface area contributed by atoms with Crippen LogP contribution in [0.15, 0.2) is 0 Å². The molecule has 0 unspecified atom stereocenters. The molecule has 0 aliphatic carbocycles. The minimum absolute atomic E-state index is 0.341. The molecule has 0 aromatic rings. The fraction of sp³-hybridized carbons (Fsp3) is 1.00. The molecule has 1 rings (SSSR count). The van der Waals surface area contributed by atoms with E-state index in [1.165, 1.54) is 6.26 Å². The SMILES string of the molecule is CCN1CCN(S(C)(=O)=O)C[C@@H]1C. The molecule has 5 heteroatoms. The Balaban J connectivity index is 2.61. The summed E-state index contributed by atoms with van der Waals surface area (Å²) >= 11 is 0. The molecule has 0 N–H and O–H groups in total. The molecule has 1 heterocycles. The molecule has 1 aliphatic heterocycles. The Morgan fingerprint density at radius 3 is 2.38 bits per heavy atom. The topological polar surface area (TPSA) is 40.6 Å². The van der Waals surface area contributed by atoms with Crippen molar-refractivity contribution in [1.82, 2.24) is 9.21 Å². The van der Waals surface area contributed by atoms with Gasteiger partial charge in [0.1, 0.15) is 0 Å². The van der Waals surface area contributed by atoms with Crippen LogP contribution in [0.2, 0.25) is 0 Å². The van der Waals surface area contributed by atoms with Crippen molar-refractivity contribution in [2.45, 2.75) is 19.9 Å². The van der Waals surface area contributed by atoms with E-state index in [1.54, 1.807) is 4.31 Å². The maximum absolute atomic E-state index is 11.2. The maximum Gasteiger partial charge on any atom is 0.211 e. The molecule has 0 radical (unpaired) electrons. The molecule has 1 aliphatic rings. The van der Waals surface area contributed by atoms with Gasteiger partial charge in [0.2, 0.25) is 10.0 Å². The van der Waals surface area contributed by atoms with Crippen LogP contribution in [0.25, 0.3) is 0 Å². The quantitative estimate of drug-likeness (QED) is 0.637. The number of rotatable bonds is 2. The van der Waals surface area contributed by atoms with E-state index in [-0.39, 0.29) is 0 Å². The van der Waals surface area contributed by atoms with Crippen LogP contribution >= 0.6 is 0 Å². The van der Waals surface area contributed by atoms with Crippen LogP contribution in [0.1, 0.15) is 13.8 Å². The Kier molecular flexibility index (Phi) is 3.32. The molecule has 13 heavy (non-hydrogen) atoms. The van der Waals surface area contributed by atoms with Crippen LogP contribution in [0.4, 0.5) is 0 Å². The number of hydrogen-bond donors (Lipinski definition) is 0. The Morgan fingerprint density at radius 2 is 2.00 bits per heavy atom. The van der Waals surface area contributed by atoms with Gasteiger partial charge in [0.15, 0.2) is 0 Å². The van der Waals surface area contributed by atoms with Gasteiger partial charge in [-0.05, 0) is 13.5 Å². The Hall–Kier alpha value is -0.130. The summed E-state index contributed by atoms with van der Waals surface area (Å²) in [7, 11) is -2.98. The van der Waals surface area contributed by atoms with Crippen LogP contribution < -0.4 is 0 Å². The van der Waals surface area contributed by atoms with Gasteiger partial charge in [-0.1, -0.05) is 6.92 Å². The first kappa shape index (κ1) is 10.9. The van der Waals surface area contributed by atoms with Gasteiger partial charge in [0, 0.05) is 25.7 Å². The Bertz CT molecular complexity index is 263. The molecular weight excluding hydrogens is 188 g/mol. The van der Waals surface area contributed by atoms with Gasteiger partial charge >= 0.3 is 0 Å². The van der Waals surface area contributed by atoms with Crippen molar-refractivity contribution in [3.63, 3.8) is 0 Å². The van der Waals surface area contributed by atoms with Crippen LogP contribution in [0.5, 0.6) is 0 Å². The summed E-state index contributed by atoms with van der Waals surface area (Å²) in [4.78, 5) is 2.29. The Morgan fingerprint density at radius 1 is 1.38 bits per heavy atom. The summed E-state index contributed by atoms with van der Waals surface area (Å²) in [5.41, 5.74) is 0. The van der Waals surface area contributed by atoms with Crippen molar-refractivity contribution in [3.8, 4) is 0 Å². The van der Waals surface area contributed by atoms with E-state index in [4.69, 9.17) is 0 Å². The van der Waals surface area contributed by atoms with E-state index in [9.17, 15) is 8.42 Å². The lowest BCUT2D eigenvalue weighted by Crippen LogP contribution is -2.53. The molecule has 1 saturated heterocycles. The normalized spacial score (nSPS) is 27.8. The zero-order valence-electron chi connectivity index (χ0n) is 8.52. The van der Waals surface area contributed by atoms with Crippen LogP contribution in [0, 0.1) is 0 Å². The first-order valence-corrected chi connectivity index (χ1v) is 6.49. The van der Waals surface area contributed by atoms with E-state index < -0.39 is 10.0 Å². The van der Waals surface area contributed by atoms with Gasteiger partial charge in [0.25, 0.3) is 0 Å². The zero-order valence-corrected chi connectivity index (χ0v) is 9.34. The summed E-state index contributed by atoms with van der Waals surface area (Å²) in [5, 5.41) is 0. The molecule has 0 aromatic carbocycles. The molecule has 78 valence electrons. The lowest BCUT2D eigenvalue weighted by Gasteiger charge is -2.37. The predicted molar refractivity (Wildman–Crippen MR) is 53.1 cm³/mol. The first-order valence-electron chi connectivity index (χ1n) is 4.64. The highest BCUT2D eigenvalue weighted by Crippen LogP contribution is 2.11. The lowest BCUT2D eigenvalue weighted by atomic mass is 10.2.